The molecule has 0 bridgehead atoms. The molecule has 1 N–H and O–H groups in total. The molecular formula is C18H23N7O. The quantitative estimate of drug-likeness (QED) is 0.893. The van der Waals surface area contributed by atoms with Gasteiger partial charge in [0.1, 0.15) is 0 Å². The molecule has 2 aromatic rings. The van der Waals surface area contributed by atoms with E-state index in [1.807, 2.05) is 4.90 Å². The van der Waals surface area contributed by atoms with E-state index in [0.717, 1.165) is 13.1 Å². The first-order valence-corrected chi connectivity index (χ1v) is 9.19. The first-order valence-electron chi connectivity index (χ1n) is 9.19. The second kappa shape index (κ2) is 7.63. The van der Waals surface area contributed by atoms with Crippen LogP contribution in [0.1, 0.15) is 36.0 Å². The van der Waals surface area contributed by atoms with Gasteiger partial charge in [0.25, 0.3) is 5.91 Å². The Kier molecular flexibility index (Phi) is 4.90. The molecule has 8 nitrogen and oxygen atoms in total. The van der Waals surface area contributed by atoms with Crippen LogP contribution in [-0.4, -0.2) is 63.0 Å². The van der Waals surface area contributed by atoms with Crippen LogP contribution in [0.5, 0.6) is 0 Å². The van der Waals surface area contributed by atoms with Gasteiger partial charge in [-0.2, -0.15) is 0 Å². The number of aromatic nitrogens is 4. The van der Waals surface area contributed by atoms with E-state index in [4.69, 9.17) is 0 Å². The molecule has 4 rings (SSSR count). The highest BCUT2D eigenvalue weighted by atomic mass is 16.2. The van der Waals surface area contributed by atoms with Gasteiger partial charge in [-0.1, -0.05) is 12.8 Å². The van der Waals surface area contributed by atoms with Crippen molar-refractivity contribution >= 4 is 17.8 Å². The number of nitrogens with one attached hydrogen (secondary N) is 1. The normalized spacial score (nSPS) is 18.2. The predicted molar refractivity (Wildman–Crippen MR) is 98.1 cm³/mol. The summed E-state index contributed by atoms with van der Waals surface area (Å²) in [5.41, 5.74) is 0.534. The molecule has 1 aliphatic carbocycles. The fourth-order valence-electron chi connectivity index (χ4n) is 3.51. The Morgan fingerprint density at radius 1 is 0.962 bits per heavy atom. The molecule has 1 saturated carbocycles. The maximum absolute atomic E-state index is 12.7. The Labute approximate surface area is 152 Å². The molecule has 26 heavy (non-hydrogen) atoms. The van der Waals surface area contributed by atoms with E-state index in [1.54, 1.807) is 30.9 Å². The Morgan fingerprint density at radius 2 is 1.62 bits per heavy atom. The molecule has 2 fully saturated rings. The molecule has 0 atom stereocenters. The molecule has 0 spiro atoms. The topological polar surface area (TPSA) is 87.1 Å². The first kappa shape index (κ1) is 16.7. The predicted octanol–water partition coefficient (Wildman–Crippen LogP) is 1.58. The molecule has 0 radical (unpaired) electrons. The van der Waals surface area contributed by atoms with Crippen LogP contribution < -0.4 is 10.2 Å². The van der Waals surface area contributed by atoms with Crippen LogP contribution in [0.15, 0.2) is 30.9 Å². The SMILES string of the molecule is O=C(c1cnc(NC2CCCC2)nc1)N1CCN(c2ncccn2)CC1. The molecule has 0 aromatic carbocycles. The van der Waals surface area contributed by atoms with E-state index in [0.29, 0.717) is 36.6 Å². The standard InChI is InChI=1S/C18H23N7O/c26-16(14-12-21-17(22-13-14)23-15-4-1-2-5-15)24-8-10-25(11-9-24)18-19-6-3-7-20-18/h3,6-7,12-13,15H,1-2,4-5,8-11H2,(H,21,22,23). The summed E-state index contributed by atoms with van der Waals surface area (Å²) in [6, 6.07) is 2.26. The van der Waals surface area contributed by atoms with Crippen LogP contribution in [0.3, 0.4) is 0 Å². The van der Waals surface area contributed by atoms with Crippen molar-refractivity contribution in [1.29, 1.82) is 0 Å². The van der Waals surface area contributed by atoms with Crippen molar-refractivity contribution in [3.8, 4) is 0 Å². The minimum Gasteiger partial charge on any atom is -0.351 e. The Balaban J connectivity index is 1.33. The second-order valence-electron chi connectivity index (χ2n) is 6.75. The number of rotatable bonds is 4. The maximum atomic E-state index is 12.7. The summed E-state index contributed by atoms with van der Waals surface area (Å²) in [7, 11) is 0. The van der Waals surface area contributed by atoms with E-state index < -0.39 is 0 Å². The van der Waals surface area contributed by atoms with E-state index >= 15 is 0 Å². The summed E-state index contributed by atoms with van der Waals surface area (Å²) in [5.74, 6) is 1.30. The molecule has 2 aromatic heterocycles. The minimum absolute atomic E-state index is 0.0222. The number of carbonyl (C=O) groups excluding carboxylic acids is 1. The van der Waals surface area contributed by atoms with Gasteiger partial charge in [0, 0.05) is 57.0 Å². The summed E-state index contributed by atoms with van der Waals surface area (Å²) in [6.45, 7) is 2.72. The van der Waals surface area contributed by atoms with E-state index in [2.05, 4.69) is 30.2 Å². The number of hydrogen-bond donors (Lipinski definition) is 1. The zero-order valence-electron chi connectivity index (χ0n) is 14.7. The third-order valence-electron chi connectivity index (χ3n) is 4.99. The molecule has 3 heterocycles. The number of nitrogens with zero attached hydrogens (tertiary/aromatic N) is 6. The fourth-order valence-corrected chi connectivity index (χ4v) is 3.51. The van der Waals surface area contributed by atoms with Gasteiger partial charge in [-0.3, -0.25) is 4.79 Å². The van der Waals surface area contributed by atoms with Gasteiger partial charge in [-0.05, 0) is 18.9 Å². The Morgan fingerprint density at radius 3 is 2.27 bits per heavy atom. The molecular weight excluding hydrogens is 330 g/mol. The van der Waals surface area contributed by atoms with Crippen LogP contribution in [-0.2, 0) is 0 Å². The molecule has 1 amide bonds. The largest absolute Gasteiger partial charge is 0.351 e. The zero-order valence-corrected chi connectivity index (χ0v) is 14.7. The molecule has 2 aliphatic rings. The molecule has 8 heteroatoms. The van der Waals surface area contributed by atoms with Crippen molar-refractivity contribution in [2.45, 2.75) is 31.7 Å². The van der Waals surface area contributed by atoms with Crippen molar-refractivity contribution in [1.82, 2.24) is 24.8 Å². The molecule has 136 valence electrons. The van der Waals surface area contributed by atoms with Gasteiger partial charge >= 0.3 is 0 Å². The number of anilines is 2. The first-order chi connectivity index (χ1) is 12.8. The number of hydrogen-bond acceptors (Lipinski definition) is 7. The maximum Gasteiger partial charge on any atom is 0.257 e. The average Bonchev–Trinajstić information content (AvgIpc) is 3.22. The van der Waals surface area contributed by atoms with E-state index in [-0.39, 0.29) is 5.91 Å². The average molecular weight is 353 g/mol. The minimum atomic E-state index is -0.0222. The fraction of sp³-hybridized carbons (Fsp3) is 0.500. The van der Waals surface area contributed by atoms with Crippen molar-refractivity contribution in [2.75, 3.05) is 36.4 Å². The summed E-state index contributed by atoms with van der Waals surface area (Å²) >= 11 is 0. The van der Waals surface area contributed by atoms with Gasteiger partial charge in [-0.15, -0.1) is 0 Å². The van der Waals surface area contributed by atoms with Gasteiger partial charge in [0.2, 0.25) is 11.9 Å². The molecule has 1 aliphatic heterocycles. The lowest BCUT2D eigenvalue weighted by molar-refractivity contribution is 0.0745. The highest BCUT2D eigenvalue weighted by molar-refractivity contribution is 5.93. The summed E-state index contributed by atoms with van der Waals surface area (Å²) in [5, 5.41) is 3.34. The lowest BCUT2D eigenvalue weighted by Crippen LogP contribution is -2.49. The van der Waals surface area contributed by atoms with Crippen molar-refractivity contribution < 1.29 is 4.79 Å². The Bertz CT molecular complexity index is 723. The molecule has 0 unspecified atom stereocenters. The van der Waals surface area contributed by atoms with Crippen LogP contribution in [0, 0.1) is 0 Å². The Hall–Kier alpha value is -2.77. The van der Waals surface area contributed by atoms with Crippen LogP contribution in [0.4, 0.5) is 11.9 Å². The van der Waals surface area contributed by atoms with Crippen molar-refractivity contribution in [3.63, 3.8) is 0 Å². The van der Waals surface area contributed by atoms with Gasteiger partial charge in [0.15, 0.2) is 0 Å². The summed E-state index contributed by atoms with van der Waals surface area (Å²) < 4.78 is 0. The van der Waals surface area contributed by atoms with Gasteiger partial charge < -0.3 is 15.1 Å². The summed E-state index contributed by atoms with van der Waals surface area (Å²) in [6.07, 6.45) is 11.6. The second-order valence-corrected chi connectivity index (χ2v) is 6.75. The van der Waals surface area contributed by atoms with Crippen molar-refractivity contribution in [3.05, 3.63) is 36.4 Å². The molecule has 1 saturated heterocycles. The number of amides is 1. The number of carbonyl (C=O) groups is 1. The van der Waals surface area contributed by atoms with Gasteiger partial charge in [-0.25, -0.2) is 19.9 Å². The third-order valence-corrected chi connectivity index (χ3v) is 4.99. The van der Waals surface area contributed by atoms with E-state index in [9.17, 15) is 4.79 Å². The zero-order chi connectivity index (χ0) is 17.8. The highest BCUT2D eigenvalue weighted by Crippen LogP contribution is 2.20. The summed E-state index contributed by atoms with van der Waals surface area (Å²) in [4.78, 5) is 33.8. The van der Waals surface area contributed by atoms with Crippen LogP contribution >= 0.6 is 0 Å². The lowest BCUT2D eigenvalue weighted by atomic mass is 10.2. The number of piperazine rings is 1. The van der Waals surface area contributed by atoms with Crippen LogP contribution in [0.2, 0.25) is 0 Å². The van der Waals surface area contributed by atoms with E-state index in [1.165, 1.54) is 25.7 Å². The third kappa shape index (κ3) is 3.74. The van der Waals surface area contributed by atoms with Crippen LogP contribution in [0.25, 0.3) is 0 Å². The highest BCUT2D eigenvalue weighted by Gasteiger charge is 2.24. The van der Waals surface area contributed by atoms with Crippen molar-refractivity contribution in [2.24, 2.45) is 0 Å². The lowest BCUT2D eigenvalue weighted by Gasteiger charge is -2.34. The van der Waals surface area contributed by atoms with Gasteiger partial charge in [0.05, 0.1) is 5.56 Å². The monoisotopic (exact) mass is 353 g/mol. The smallest absolute Gasteiger partial charge is 0.257 e.